The van der Waals surface area contributed by atoms with E-state index in [9.17, 15) is 4.79 Å². The molecule has 0 aliphatic carbocycles. The van der Waals surface area contributed by atoms with E-state index in [0.29, 0.717) is 0 Å². The lowest BCUT2D eigenvalue weighted by atomic mass is 10.4. The van der Waals surface area contributed by atoms with Gasteiger partial charge >= 0.3 is 0 Å². The summed E-state index contributed by atoms with van der Waals surface area (Å²) in [6, 6.07) is 0. The van der Waals surface area contributed by atoms with Gasteiger partial charge in [0.25, 0.3) is 0 Å². The summed E-state index contributed by atoms with van der Waals surface area (Å²) >= 11 is 0. The number of hydrogen-bond acceptors (Lipinski definition) is 3. The summed E-state index contributed by atoms with van der Waals surface area (Å²) in [7, 11) is 5.34. The van der Waals surface area contributed by atoms with Crippen molar-refractivity contribution in [2.75, 3.05) is 27.7 Å². The highest BCUT2D eigenvalue weighted by molar-refractivity contribution is 5.85. The van der Waals surface area contributed by atoms with Crippen molar-refractivity contribution in [2.24, 2.45) is 11.5 Å². The molecule has 0 unspecified atom stereocenters. The summed E-state index contributed by atoms with van der Waals surface area (Å²) in [5.41, 5.74) is 9.33. The lowest BCUT2D eigenvalue weighted by molar-refractivity contribution is -0.113. The zero-order chi connectivity index (χ0) is 9.28. The van der Waals surface area contributed by atoms with Crippen LogP contribution in [-0.2, 0) is 4.79 Å². The van der Waals surface area contributed by atoms with Gasteiger partial charge in [-0.05, 0) is 27.2 Å². The molecular formula is C7H17N3O. The Morgan fingerprint density at radius 3 is 2.18 bits per heavy atom. The second kappa shape index (κ2) is 9.13. The van der Waals surface area contributed by atoms with Crippen LogP contribution in [-0.4, -0.2) is 38.5 Å². The summed E-state index contributed by atoms with van der Waals surface area (Å²) in [6.45, 7) is 0.753. The number of carbonyl (C=O) groups is 1. The van der Waals surface area contributed by atoms with E-state index in [1.54, 1.807) is 6.08 Å². The van der Waals surface area contributed by atoms with Crippen LogP contribution in [0.2, 0.25) is 0 Å². The Hall–Kier alpha value is -0.870. The highest BCUT2D eigenvalue weighted by Crippen LogP contribution is 1.75. The molecule has 0 aliphatic heterocycles. The predicted octanol–water partition coefficient (Wildman–Crippen LogP) is -0.836. The summed E-state index contributed by atoms with van der Waals surface area (Å²) < 4.78 is 0. The minimum atomic E-state index is -0.392. The molecule has 11 heavy (non-hydrogen) atoms. The first-order valence-electron chi connectivity index (χ1n) is 3.31. The Bertz CT molecular complexity index is 121. The van der Waals surface area contributed by atoms with E-state index >= 15 is 0 Å². The van der Waals surface area contributed by atoms with Crippen LogP contribution < -0.4 is 11.5 Å². The Labute approximate surface area is 67.8 Å². The van der Waals surface area contributed by atoms with Crippen LogP contribution in [0.4, 0.5) is 0 Å². The quantitative estimate of drug-likeness (QED) is 0.528. The molecule has 0 fully saturated rings. The standard InChI is InChI=1S/C6H12N2O.CH5N/c1-8(2)5-3-4-6(7)9;1-2/h3-4H,5H2,1-2H3,(H2,7,9);2H2,1H3/b4-3+;. The smallest absolute Gasteiger partial charge is 0.241 e. The molecule has 0 rings (SSSR count). The van der Waals surface area contributed by atoms with Gasteiger partial charge in [-0.2, -0.15) is 0 Å². The second-order valence-corrected chi connectivity index (χ2v) is 2.07. The maximum Gasteiger partial charge on any atom is 0.241 e. The first kappa shape index (κ1) is 12.8. The third-order valence-corrected chi connectivity index (χ3v) is 0.753. The molecule has 0 radical (unpaired) electrons. The highest BCUT2D eigenvalue weighted by atomic mass is 16.1. The number of rotatable bonds is 3. The molecule has 4 N–H and O–H groups in total. The van der Waals surface area contributed by atoms with Gasteiger partial charge in [0, 0.05) is 6.54 Å². The van der Waals surface area contributed by atoms with Crippen LogP contribution >= 0.6 is 0 Å². The molecule has 0 aromatic carbocycles. The maximum atomic E-state index is 10.1. The molecule has 0 aromatic rings. The summed E-state index contributed by atoms with van der Waals surface area (Å²) in [5, 5.41) is 0. The van der Waals surface area contributed by atoms with Crippen LogP contribution in [0, 0.1) is 0 Å². The molecule has 0 atom stereocenters. The van der Waals surface area contributed by atoms with Crippen molar-refractivity contribution in [2.45, 2.75) is 0 Å². The fourth-order valence-corrected chi connectivity index (χ4v) is 0.380. The fraction of sp³-hybridized carbons (Fsp3) is 0.571. The molecule has 0 spiro atoms. The molecule has 1 amide bonds. The molecule has 0 heterocycles. The first-order chi connectivity index (χ1) is 5.13. The molecule has 66 valence electrons. The maximum absolute atomic E-state index is 10.1. The van der Waals surface area contributed by atoms with Crippen LogP contribution in [0.25, 0.3) is 0 Å². The van der Waals surface area contributed by atoms with E-state index in [4.69, 9.17) is 5.73 Å². The van der Waals surface area contributed by atoms with Crippen molar-refractivity contribution in [1.82, 2.24) is 4.90 Å². The molecule has 0 saturated carbocycles. The molecular weight excluding hydrogens is 142 g/mol. The highest BCUT2D eigenvalue weighted by Gasteiger charge is 1.83. The number of amides is 1. The van der Waals surface area contributed by atoms with E-state index in [-0.39, 0.29) is 0 Å². The average Bonchev–Trinajstić information content (AvgIpc) is 1.90. The van der Waals surface area contributed by atoms with E-state index in [2.05, 4.69) is 5.73 Å². The van der Waals surface area contributed by atoms with Gasteiger partial charge in [-0.3, -0.25) is 4.79 Å². The summed E-state index contributed by atoms with van der Waals surface area (Å²) in [6.07, 6.45) is 3.09. The van der Waals surface area contributed by atoms with Crippen LogP contribution in [0.1, 0.15) is 0 Å². The van der Waals surface area contributed by atoms with E-state index < -0.39 is 5.91 Å². The molecule has 4 heteroatoms. The fourth-order valence-electron chi connectivity index (χ4n) is 0.380. The minimum absolute atomic E-state index is 0.392. The summed E-state index contributed by atoms with van der Waals surface area (Å²) in [5.74, 6) is -0.392. The van der Waals surface area contributed by atoms with Gasteiger partial charge in [-0.1, -0.05) is 6.08 Å². The minimum Gasteiger partial charge on any atom is -0.366 e. The van der Waals surface area contributed by atoms with Gasteiger partial charge in [-0.25, -0.2) is 0 Å². The van der Waals surface area contributed by atoms with Crippen molar-refractivity contribution in [3.63, 3.8) is 0 Å². The van der Waals surface area contributed by atoms with Crippen molar-refractivity contribution in [3.8, 4) is 0 Å². The average molecular weight is 159 g/mol. The van der Waals surface area contributed by atoms with Crippen molar-refractivity contribution in [1.29, 1.82) is 0 Å². The number of nitrogens with zero attached hydrogens (tertiary/aromatic N) is 1. The van der Waals surface area contributed by atoms with Crippen molar-refractivity contribution in [3.05, 3.63) is 12.2 Å². The Morgan fingerprint density at radius 2 is 1.91 bits per heavy atom. The zero-order valence-corrected chi connectivity index (χ0v) is 7.37. The van der Waals surface area contributed by atoms with Gasteiger partial charge in [0.15, 0.2) is 0 Å². The predicted molar refractivity (Wildman–Crippen MR) is 47.0 cm³/mol. The van der Waals surface area contributed by atoms with Gasteiger partial charge in [0.05, 0.1) is 0 Å². The lowest BCUT2D eigenvalue weighted by Gasteiger charge is -2.02. The number of likely N-dealkylation sites (N-methyl/N-ethyl adjacent to an activating group) is 1. The van der Waals surface area contributed by atoms with Crippen molar-refractivity contribution < 1.29 is 4.79 Å². The van der Waals surface area contributed by atoms with Crippen LogP contribution in [0.3, 0.4) is 0 Å². The second-order valence-electron chi connectivity index (χ2n) is 2.07. The molecule has 0 aromatic heterocycles. The summed E-state index contributed by atoms with van der Waals surface area (Å²) in [4.78, 5) is 12.0. The van der Waals surface area contributed by atoms with Crippen molar-refractivity contribution >= 4 is 5.91 Å². The monoisotopic (exact) mass is 159 g/mol. The molecule has 0 saturated heterocycles. The van der Waals surface area contributed by atoms with E-state index in [1.165, 1.54) is 13.1 Å². The number of carbonyl (C=O) groups excluding carboxylic acids is 1. The normalized spacial score (nSPS) is 9.55. The molecule has 4 nitrogen and oxygen atoms in total. The third-order valence-electron chi connectivity index (χ3n) is 0.753. The van der Waals surface area contributed by atoms with Gasteiger partial charge < -0.3 is 16.4 Å². The van der Waals surface area contributed by atoms with Crippen LogP contribution in [0.15, 0.2) is 12.2 Å². The van der Waals surface area contributed by atoms with Gasteiger partial charge in [0.1, 0.15) is 0 Å². The SMILES string of the molecule is CN.CN(C)C/C=C/C(N)=O. The number of nitrogens with two attached hydrogens (primary N) is 2. The number of primary amides is 1. The van der Waals surface area contributed by atoms with Gasteiger partial charge in [0.2, 0.25) is 5.91 Å². The Morgan fingerprint density at radius 1 is 1.45 bits per heavy atom. The first-order valence-corrected chi connectivity index (χ1v) is 3.31. The lowest BCUT2D eigenvalue weighted by Crippen LogP contribution is -2.12. The van der Waals surface area contributed by atoms with E-state index in [0.717, 1.165) is 6.54 Å². The zero-order valence-electron chi connectivity index (χ0n) is 7.37. The number of hydrogen-bond donors (Lipinski definition) is 2. The Kier molecular flexibility index (Phi) is 10.6. The van der Waals surface area contributed by atoms with Crippen LogP contribution in [0.5, 0.6) is 0 Å². The largest absolute Gasteiger partial charge is 0.366 e. The molecule has 0 aliphatic rings. The van der Waals surface area contributed by atoms with E-state index in [1.807, 2.05) is 19.0 Å². The van der Waals surface area contributed by atoms with Gasteiger partial charge in [-0.15, -0.1) is 0 Å². The Balaban J connectivity index is 0. The molecule has 0 bridgehead atoms. The third kappa shape index (κ3) is 17.6. The topological polar surface area (TPSA) is 72.3 Å².